The highest BCUT2D eigenvalue weighted by atomic mass is 16.5. The fourth-order valence-corrected chi connectivity index (χ4v) is 3.98. The Morgan fingerprint density at radius 3 is 2.71 bits per heavy atom. The minimum absolute atomic E-state index is 0.112. The lowest BCUT2D eigenvalue weighted by molar-refractivity contribution is 0.0874. The Hall–Kier alpha value is -1.94. The minimum atomic E-state index is 0.112. The molecule has 1 aromatic carbocycles. The summed E-state index contributed by atoms with van der Waals surface area (Å²) in [7, 11) is 0. The number of rotatable bonds is 4. The van der Waals surface area contributed by atoms with Gasteiger partial charge in [0.15, 0.2) is 5.78 Å². The van der Waals surface area contributed by atoms with E-state index in [0.717, 1.165) is 48.4 Å². The fraction of sp³-hybridized carbons (Fsp3) is 0.500. The average Bonchev–Trinajstić information content (AvgIpc) is 3.08. The lowest BCUT2D eigenvalue weighted by Crippen LogP contribution is -2.33. The first-order chi connectivity index (χ1) is 11.8. The van der Waals surface area contributed by atoms with Crippen LogP contribution in [0.25, 0.3) is 11.3 Å². The smallest absolute Gasteiger partial charge is 0.171 e. The molecule has 4 nitrogen and oxygen atoms in total. The van der Waals surface area contributed by atoms with E-state index in [-0.39, 0.29) is 11.7 Å². The Kier molecular flexibility index (Phi) is 4.48. The predicted octanol–water partition coefficient (Wildman–Crippen LogP) is 3.96. The number of carbonyl (C=O) groups is 1. The third kappa shape index (κ3) is 3.03. The summed E-state index contributed by atoms with van der Waals surface area (Å²) in [5.74, 6) is 1.11. The second-order valence-electron chi connectivity index (χ2n) is 6.99. The third-order valence-corrected chi connectivity index (χ3v) is 5.39. The van der Waals surface area contributed by atoms with Crippen LogP contribution in [-0.4, -0.2) is 35.5 Å². The van der Waals surface area contributed by atoms with E-state index in [4.69, 9.17) is 4.52 Å². The zero-order chi connectivity index (χ0) is 16.4. The summed E-state index contributed by atoms with van der Waals surface area (Å²) in [5, 5.41) is 4.20. The van der Waals surface area contributed by atoms with Crippen LogP contribution in [-0.2, 0) is 6.42 Å². The van der Waals surface area contributed by atoms with Crippen molar-refractivity contribution in [2.45, 2.75) is 38.5 Å². The molecule has 1 aliphatic carbocycles. The average molecular weight is 324 g/mol. The van der Waals surface area contributed by atoms with Crippen molar-refractivity contribution in [2.24, 2.45) is 5.92 Å². The van der Waals surface area contributed by atoms with Crippen LogP contribution in [0.1, 0.15) is 48.2 Å². The Morgan fingerprint density at radius 1 is 1.12 bits per heavy atom. The van der Waals surface area contributed by atoms with Gasteiger partial charge in [0.2, 0.25) is 0 Å². The molecule has 4 heteroatoms. The number of aryl methyl sites for hydroxylation is 1. The first kappa shape index (κ1) is 15.6. The molecule has 0 amide bonds. The molecule has 126 valence electrons. The zero-order valence-corrected chi connectivity index (χ0v) is 14.0. The highest BCUT2D eigenvalue weighted by Gasteiger charge is 2.34. The summed E-state index contributed by atoms with van der Waals surface area (Å²) < 4.78 is 5.47. The van der Waals surface area contributed by atoms with Crippen molar-refractivity contribution >= 4 is 5.78 Å². The fourth-order valence-electron chi connectivity index (χ4n) is 3.98. The van der Waals surface area contributed by atoms with Crippen molar-refractivity contribution in [3.05, 3.63) is 41.7 Å². The first-order valence-electron chi connectivity index (χ1n) is 9.13. The van der Waals surface area contributed by atoms with Crippen molar-refractivity contribution in [1.29, 1.82) is 0 Å². The number of benzene rings is 1. The summed E-state index contributed by atoms with van der Waals surface area (Å²) in [5.41, 5.74) is 2.42. The summed E-state index contributed by atoms with van der Waals surface area (Å²) in [6, 6.07) is 9.89. The van der Waals surface area contributed by atoms with E-state index in [2.05, 4.69) is 10.1 Å². The maximum atomic E-state index is 13.0. The molecule has 1 aromatic heterocycles. The molecule has 2 aliphatic rings. The van der Waals surface area contributed by atoms with Crippen LogP contribution in [0, 0.1) is 5.92 Å². The van der Waals surface area contributed by atoms with Gasteiger partial charge in [-0.1, -0.05) is 41.9 Å². The van der Waals surface area contributed by atoms with Crippen LogP contribution < -0.4 is 0 Å². The lowest BCUT2D eigenvalue weighted by Gasteiger charge is -2.28. The third-order valence-electron chi connectivity index (χ3n) is 5.39. The number of hydrogen-bond acceptors (Lipinski definition) is 4. The van der Waals surface area contributed by atoms with Gasteiger partial charge in [0.05, 0.1) is 5.56 Å². The number of hydrogen-bond donors (Lipinski definition) is 0. The van der Waals surface area contributed by atoms with Crippen molar-refractivity contribution < 1.29 is 9.32 Å². The van der Waals surface area contributed by atoms with Gasteiger partial charge in [-0.25, -0.2) is 0 Å². The van der Waals surface area contributed by atoms with Crippen molar-refractivity contribution in [1.82, 2.24) is 10.1 Å². The molecule has 2 aromatic rings. The van der Waals surface area contributed by atoms with Crippen LogP contribution >= 0.6 is 0 Å². The van der Waals surface area contributed by atoms with Crippen LogP contribution in [0.4, 0.5) is 0 Å². The number of nitrogens with zero attached hydrogens (tertiary/aromatic N) is 2. The molecule has 0 N–H and O–H groups in total. The molecule has 2 heterocycles. The van der Waals surface area contributed by atoms with Crippen molar-refractivity contribution in [3.8, 4) is 11.3 Å². The number of carbonyl (C=O) groups excluding carboxylic acids is 1. The Balaban J connectivity index is 1.50. The number of aromatic nitrogens is 1. The monoisotopic (exact) mass is 324 g/mol. The number of fused-ring (bicyclic) bond motifs is 1. The van der Waals surface area contributed by atoms with Gasteiger partial charge in [0.25, 0.3) is 0 Å². The van der Waals surface area contributed by atoms with Gasteiger partial charge in [-0.15, -0.1) is 0 Å². The summed E-state index contributed by atoms with van der Waals surface area (Å²) in [6.45, 7) is 3.42. The molecule has 1 saturated heterocycles. The molecule has 0 spiro atoms. The van der Waals surface area contributed by atoms with Gasteiger partial charge in [0, 0.05) is 17.9 Å². The van der Waals surface area contributed by atoms with E-state index in [1.54, 1.807) is 0 Å². The first-order valence-corrected chi connectivity index (χ1v) is 9.13. The summed E-state index contributed by atoms with van der Waals surface area (Å²) >= 11 is 0. The maximum Gasteiger partial charge on any atom is 0.171 e. The number of Topliss-reactive ketones (excluding diaryl/α,β-unsaturated/α-hetero) is 1. The molecule has 1 unspecified atom stereocenters. The molecule has 1 atom stereocenters. The Morgan fingerprint density at radius 2 is 1.92 bits per heavy atom. The highest BCUT2D eigenvalue weighted by Crippen LogP contribution is 2.34. The topological polar surface area (TPSA) is 46.3 Å². The van der Waals surface area contributed by atoms with Gasteiger partial charge in [-0.2, -0.15) is 0 Å². The summed E-state index contributed by atoms with van der Waals surface area (Å²) in [4.78, 5) is 15.5. The predicted molar refractivity (Wildman–Crippen MR) is 93.0 cm³/mol. The van der Waals surface area contributed by atoms with E-state index in [0.29, 0.717) is 0 Å². The SMILES string of the molecule is O=C1c2c(-c3ccccc3)noc2CCC1CCN1CCCCC1. The maximum absolute atomic E-state index is 13.0. The van der Waals surface area contributed by atoms with E-state index in [1.807, 2.05) is 30.3 Å². The van der Waals surface area contributed by atoms with Crippen LogP contribution in [0.2, 0.25) is 0 Å². The van der Waals surface area contributed by atoms with Crippen LogP contribution in [0.3, 0.4) is 0 Å². The van der Waals surface area contributed by atoms with Gasteiger partial charge in [0.1, 0.15) is 11.5 Å². The van der Waals surface area contributed by atoms with Gasteiger partial charge in [-0.3, -0.25) is 4.79 Å². The van der Waals surface area contributed by atoms with E-state index in [9.17, 15) is 4.79 Å². The molecule has 4 rings (SSSR count). The quantitative estimate of drug-likeness (QED) is 0.854. The normalized spacial score (nSPS) is 21.7. The van der Waals surface area contributed by atoms with Gasteiger partial charge in [-0.05, 0) is 45.3 Å². The van der Waals surface area contributed by atoms with Crippen LogP contribution in [0.15, 0.2) is 34.9 Å². The summed E-state index contributed by atoms with van der Waals surface area (Å²) in [6.07, 6.45) is 6.62. The molecular formula is C20H24N2O2. The molecule has 0 radical (unpaired) electrons. The minimum Gasteiger partial charge on any atom is -0.360 e. The number of likely N-dealkylation sites (tertiary alicyclic amines) is 1. The van der Waals surface area contributed by atoms with E-state index >= 15 is 0 Å². The molecule has 0 bridgehead atoms. The van der Waals surface area contributed by atoms with Crippen molar-refractivity contribution in [2.75, 3.05) is 19.6 Å². The Bertz CT molecular complexity index is 702. The van der Waals surface area contributed by atoms with E-state index < -0.39 is 0 Å². The zero-order valence-electron chi connectivity index (χ0n) is 14.0. The highest BCUT2D eigenvalue weighted by molar-refractivity contribution is 6.04. The van der Waals surface area contributed by atoms with Gasteiger partial charge < -0.3 is 9.42 Å². The lowest BCUT2D eigenvalue weighted by atomic mass is 9.82. The molecule has 1 aliphatic heterocycles. The number of piperidine rings is 1. The van der Waals surface area contributed by atoms with E-state index in [1.165, 1.54) is 32.4 Å². The molecule has 1 fully saturated rings. The van der Waals surface area contributed by atoms with Crippen molar-refractivity contribution in [3.63, 3.8) is 0 Å². The molecular weight excluding hydrogens is 300 g/mol. The van der Waals surface area contributed by atoms with Crippen LogP contribution in [0.5, 0.6) is 0 Å². The van der Waals surface area contributed by atoms with Gasteiger partial charge >= 0.3 is 0 Å². The molecule has 0 saturated carbocycles. The Labute approximate surface area is 142 Å². The molecule has 24 heavy (non-hydrogen) atoms. The second kappa shape index (κ2) is 6.89. The standard InChI is InChI=1S/C20H24N2O2/c23-20-16(11-14-22-12-5-2-6-13-22)9-10-17-18(20)19(21-24-17)15-7-3-1-4-8-15/h1,3-4,7-8,16H,2,5-6,9-14H2. The second-order valence-corrected chi connectivity index (χ2v) is 6.99. The largest absolute Gasteiger partial charge is 0.360 e. The number of ketones is 1.